The predicted octanol–water partition coefficient (Wildman–Crippen LogP) is 1.57. The lowest BCUT2D eigenvalue weighted by Crippen LogP contribution is -2.51. The van der Waals surface area contributed by atoms with E-state index in [0.717, 1.165) is 25.4 Å². The van der Waals surface area contributed by atoms with Crippen molar-refractivity contribution < 1.29 is 18.7 Å². The van der Waals surface area contributed by atoms with Crippen LogP contribution in [0.2, 0.25) is 0 Å². The van der Waals surface area contributed by atoms with Gasteiger partial charge in [0.15, 0.2) is 5.76 Å². The molecule has 1 aromatic carbocycles. The number of furan rings is 1. The van der Waals surface area contributed by atoms with E-state index in [2.05, 4.69) is 4.90 Å². The van der Waals surface area contributed by atoms with Crippen molar-refractivity contribution in [2.45, 2.75) is 0 Å². The average Bonchev–Trinajstić information content (AvgIpc) is 3.23. The topological polar surface area (TPSA) is 66.2 Å². The summed E-state index contributed by atoms with van der Waals surface area (Å²) in [5, 5.41) is 0. The molecule has 3 rings (SSSR count). The van der Waals surface area contributed by atoms with E-state index in [9.17, 15) is 9.59 Å². The van der Waals surface area contributed by atoms with Crippen LogP contribution in [0.4, 0.5) is 0 Å². The lowest BCUT2D eigenvalue weighted by Gasteiger charge is -2.35. The maximum atomic E-state index is 12.4. The van der Waals surface area contributed by atoms with Crippen molar-refractivity contribution in [1.29, 1.82) is 0 Å². The zero-order valence-corrected chi connectivity index (χ0v) is 15.5. The van der Waals surface area contributed by atoms with E-state index >= 15 is 0 Å². The second kappa shape index (κ2) is 9.23. The first-order valence-electron chi connectivity index (χ1n) is 9.10. The highest BCUT2D eigenvalue weighted by Gasteiger charge is 2.24. The molecule has 1 aromatic heterocycles. The summed E-state index contributed by atoms with van der Waals surface area (Å²) in [5.41, 5.74) is 0. The van der Waals surface area contributed by atoms with Crippen LogP contribution >= 0.6 is 0 Å². The van der Waals surface area contributed by atoms with E-state index in [-0.39, 0.29) is 24.1 Å². The molecule has 0 spiro atoms. The number of piperazine rings is 1. The third-order valence-electron chi connectivity index (χ3n) is 4.60. The van der Waals surface area contributed by atoms with Gasteiger partial charge in [0.1, 0.15) is 12.4 Å². The second-order valence-corrected chi connectivity index (χ2v) is 6.52. The van der Waals surface area contributed by atoms with Crippen LogP contribution in [0.1, 0.15) is 10.6 Å². The fraction of sp³-hybridized carbons (Fsp3) is 0.400. The third-order valence-corrected chi connectivity index (χ3v) is 4.60. The first kappa shape index (κ1) is 19.0. The first-order chi connectivity index (χ1) is 13.1. The summed E-state index contributed by atoms with van der Waals surface area (Å²) in [4.78, 5) is 30.1. The molecule has 1 saturated heterocycles. The number of carbonyl (C=O) groups excluding carboxylic acids is 2. The molecule has 0 bridgehead atoms. The minimum atomic E-state index is -0.287. The number of ether oxygens (including phenoxy) is 1. The van der Waals surface area contributed by atoms with Crippen molar-refractivity contribution >= 4 is 11.8 Å². The lowest BCUT2D eigenvalue weighted by molar-refractivity contribution is -0.133. The van der Waals surface area contributed by atoms with Crippen LogP contribution in [-0.2, 0) is 4.79 Å². The van der Waals surface area contributed by atoms with Gasteiger partial charge in [-0.25, -0.2) is 0 Å². The summed E-state index contributed by atoms with van der Waals surface area (Å²) in [6, 6.07) is 13.0. The van der Waals surface area contributed by atoms with E-state index in [0.29, 0.717) is 19.7 Å². The molecule has 0 unspecified atom stereocenters. The maximum Gasteiger partial charge on any atom is 0.289 e. The van der Waals surface area contributed by atoms with Crippen LogP contribution in [0.3, 0.4) is 0 Å². The SMILES string of the molecule is CN(CC(=O)N1CCN(CCOc2ccccc2)CC1)C(=O)c1ccco1. The molecule has 1 aliphatic heterocycles. The zero-order chi connectivity index (χ0) is 19.1. The Bertz CT molecular complexity index is 725. The summed E-state index contributed by atoms with van der Waals surface area (Å²) in [6.45, 7) is 4.43. The Hall–Kier alpha value is -2.80. The van der Waals surface area contributed by atoms with Gasteiger partial charge in [-0.3, -0.25) is 14.5 Å². The molecule has 0 saturated carbocycles. The molecule has 1 aliphatic rings. The Morgan fingerprint density at radius 2 is 1.81 bits per heavy atom. The Balaban J connectivity index is 1.37. The Morgan fingerprint density at radius 1 is 1.07 bits per heavy atom. The number of carbonyl (C=O) groups is 2. The molecule has 7 heteroatoms. The van der Waals surface area contributed by atoms with E-state index < -0.39 is 0 Å². The van der Waals surface area contributed by atoms with Gasteiger partial charge in [-0.1, -0.05) is 18.2 Å². The summed E-state index contributed by atoms with van der Waals surface area (Å²) in [5.74, 6) is 0.784. The van der Waals surface area contributed by atoms with E-state index in [4.69, 9.17) is 9.15 Å². The monoisotopic (exact) mass is 371 g/mol. The highest BCUT2D eigenvalue weighted by atomic mass is 16.5. The van der Waals surface area contributed by atoms with Crippen LogP contribution in [-0.4, -0.2) is 79.4 Å². The molecule has 2 amide bonds. The van der Waals surface area contributed by atoms with Gasteiger partial charge in [0, 0.05) is 39.8 Å². The van der Waals surface area contributed by atoms with Crippen LogP contribution in [0.15, 0.2) is 53.1 Å². The quantitative estimate of drug-likeness (QED) is 0.739. The molecular weight excluding hydrogens is 346 g/mol. The smallest absolute Gasteiger partial charge is 0.289 e. The normalized spacial score (nSPS) is 14.8. The molecule has 27 heavy (non-hydrogen) atoms. The number of hydrogen-bond acceptors (Lipinski definition) is 5. The van der Waals surface area contributed by atoms with Crippen molar-refractivity contribution in [2.75, 3.05) is 52.9 Å². The molecular formula is C20H25N3O4. The Kier molecular flexibility index (Phi) is 6.49. The molecule has 0 N–H and O–H groups in total. The summed E-state index contributed by atoms with van der Waals surface area (Å²) in [6.07, 6.45) is 1.45. The van der Waals surface area contributed by atoms with Gasteiger partial charge in [0.05, 0.1) is 12.8 Å². The lowest BCUT2D eigenvalue weighted by atomic mass is 10.3. The number of likely N-dealkylation sites (N-methyl/N-ethyl adjacent to an activating group) is 1. The number of hydrogen-bond donors (Lipinski definition) is 0. The van der Waals surface area contributed by atoms with Crippen LogP contribution in [0.25, 0.3) is 0 Å². The van der Waals surface area contributed by atoms with Gasteiger partial charge in [-0.05, 0) is 24.3 Å². The zero-order valence-electron chi connectivity index (χ0n) is 15.5. The summed E-state index contributed by atoms with van der Waals surface area (Å²) >= 11 is 0. The second-order valence-electron chi connectivity index (χ2n) is 6.52. The van der Waals surface area contributed by atoms with Crippen LogP contribution in [0.5, 0.6) is 5.75 Å². The van der Waals surface area contributed by atoms with Crippen molar-refractivity contribution in [3.8, 4) is 5.75 Å². The molecule has 0 aliphatic carbocycles. The third kappa shape index (κ3) is 5.34. The minimum Gasteiger partial charge on any atom is -0.492 e. The minimum absolute atomic E-state index is 0.0439. The van der Waals surface area contributed by atoms with Gasteiger partial charge in [0.25, 0.3) is 5.91 Å². The van der Waals surface area contributed by atoms with Crippen molar-refractivity contribution in [2.24, 2.45) is 0 Å². The van der Waals surface area contributed by atoms with E-state index in [1.165, 1.54) is 11.2 Å². The molecule has 1 fully saturated rings. The number of amides is 2. The van der Waals surface area contributed by atoms with E-state index in [1.807, 2.05) is 30.3 Å². The predicted molar refractivity (Wildman–Crippen MR) is 101 cm³/mol. The number of para-hydroxylation sites is 1. The molecule has 2 heterocycles. The first-order valence-corrected chi connectivity index (χ1v) is 9.10. The Morgan fingerprint density at radius 3 is 2.48 bits per heavy atom. The van der Waals surface area contributed by atoms with Crippen molar-refractivity contribution in [3.63, 3.8) is 0 Å². The summed E-state index contributed by atoms with van der Waals surface area (Å²) in [7, 11) is 1.61. The number of benzene rings is 1. The molecule has 0 atom stereocenters. The maximum absolute atomic E-state index is 12.4. The van der Waals surface area contributed by atoms with Crippen molar-refractivity contribution in [1.82, 2.24) is 14.7 Å². The fourth-order valence-electron chi connectivity index (χ4n) is 2.99. The molecule has 144 valence electrons. The van der Waals surface area contributed by atoms with Gasteiger partial charge < -0.3 is 19.0 Å². The molecule has 7 nitrogen and oxygen atoms in total. The van der Waals surface area contributed by atoms with Crippen LogP contribution in [0, 0.1) is 0 Å². The molecule has 0 radical (unpaired) electrons. The molecule has 2 aromatic rings. The van der Waals surface area contributed by atoms with Crippen LogP contribution < -0.4 is 4.74 Å². The number of rotatable bonds is 7. The summed E-state index contributed by atoms with van der Waals surface area (Å²) < 4.78 is 10.8. The average molecular weight is 371 g/mol. The van der Waals surface area contributed by atoms with Gasteiger partial charge in [-0.15, -0.1) is 0 Å². The van der Waals surface area contributed by atoms with Gasteiger partial charge in [0.2, 0.25) is 5.91 Å². The van der Waals surface area contributed by atoms with Gasteiger partial charge >= 0.3 is 0 Å². The largest absolute Gasteiger partial charge is 0.492 e. The van der Waals surface area contributed by atoms with E-state index in [1.54, 1.807) is 24.1 Å². The highest BCUT2D eigenvalue weighted by Crippen LogP contribution is 2.09. The highest BCUT2D eigenvalue weighted by molar-refractivity contribution is 5.94. The Labute approximate surface area is 159 Å². The standard InChI is InChI=1S/C20H25N3O4/c1-21(20(25)18-8-5-14-27-18)16-19(24)23-11-9-22(10-12-23)13-15-26-17-6-3-2-4-7-17/h2-8,14H,9-13,15-16H2,1H3. The fourth-order valence-corrected chi connectivity index (χ4v) is 2.99. The number of nitrogens with zero attached hydrogens (tertiary/aromatic N) is 3. The van der Waals surface area contributed by atoms with Crippen molar-refractivity contribution in [3.05, 3.63) is 54.5 Å². The van der Waals surface area contributed by atoms with Gasteiger partial charge in [-0.2, -0.15) is 0 Å².